The number of hydrogen-bond donors (Lipinski definition) is 1. The molecule has 1 aromatic heterocycles. The molecule has 1 N–H and O–H groups in total. The predicted octanol–water partition coefficient (Wildman–Crippen LogP) is 3.94. The van der Waals surface area contributed by atoms with Gasteiger partial charge in [0.25, 0.3) is 0 Å². The molecule has 0 radical (unpaired) electrons. The zero-order valence-electron chi connectivity index (χ0n) is 17.1. The molecule has 0 aliphatic carbocycles. The van der Waals surface area contributed by atoms with Crippen molar-refractivity contribution in [3.8, 4) is 16.9 Å². The Balaban J connectivity index is 2.01. The molecular formula is C23H26FNO4S. The van der Waals surface area contributed by atoms with Crippen molar-refractivity contribution in [2.24, 2.45) is 0 Å². The second-order valence-electron chi connectivity index (χ2n) is 7.19. The van der Waals surface area contributed by atoms with Gasteiger partial charge in [0.1, 0.15) is 5.82 Å². The summed E-state index contributed by atoms with van der Waals surface area (Å²) in [6.07, 6.45) is 2.45. The first-order valence-electron chi connectivity index (χ1n) is 9.77. The number of sulfone groups is 1. The van der Waals surface area contributed by atoms with Crippen molar-refractivity contribution in [2.75, 3.05) is 26.1 Å². The summed E-state index contributed by atoms with van der Waals surface area (Å²) in [5.74, 6) is -0.326. The zero-order chi connectivity index (χ0) is 21.7. The van der Waals surface area contributed by atoms with Crippen molar-refractivity contribution >= 4 is 9.84 Å². The quantitative estimate of drug-likeness (QED) is 0.521. The van der Waals surface area contributed by atoms with Gasteiger partial charge >= 0.3 is 0 Å². The molecule has 0 fully saturated rings. The molecule has 0 spiro atoms. The molecule has 0 aliphatic heterocycles. The number of aromatic nitrogens is 1. The fourth-order valence-electron chi connectivity index (χ4n) is 3.40. The Bertz CT molecular complexity index is 1100. The second kappa shape index (κ2) is 9.55. The molecule has 0 unspecified atom stereocenters. The maximum Gasteiger partial charge on any atom is 0.175 e. The van der Waals surface area contributed by atoms with Gasteiger partial charge in [-0.2, -0.15) is 0 Å². The topological polar surface area (TPSA) is 68.5 Å². The highest BCUT2D eigenvalue weighted by atomic mass is 32.2. The highest BCUT2D eigenvalue weighted by molar-refractivity contribution is 7.90. The lowest BCUT2D eigenvalue weighted by molar-refractivity contribution is 0.118. The van der Waals surface area contributed by atoms with Gasteiger partial charge in [0.05, 0.1) is 17.2 Å². The molecule has 0 saturated carbocycles. The summed E-state index contributed by atoms with van der Waals surface area (Å²) >= 11 is 0. The summed E-state index contributed by atoms with van der Waals surface area (Å²) in [5.41, 5.74) is 4.41. The fourth-order valence-corrected chi connectivity index (χ4v) is 4.03. The van der Waals surface area contributed by atoms with Crippen LogP contribution in [-0.4, -0.2) is 44.2 Å². The highest BCUT2D eigenvalue weighted by Crippen LogP contribution is 2.31. The minimum absolute atomic E-state index is 0.0998. The molecular weight excluding hydrogens is 405 g/mol. The van der Waals surface area contributed by atoms with Crippen molar-refractivity contribution in [1.29, 1.82) is 0 Å². The highest BCUT2D eigenvalue weighted by Gasteiger charge is 2.16. The Labute approximate surface area is 176 Å². The number of benzene rings is 2. The molecule has 5 nitrogen and oxygen atoms in total. The van der Waals surface area contributed by atoms with Crippen LogP contribution in [0.5, 0.6) is 0 Å². The molecule has 2 aromatic carbocycles. The number of ether oxygens (including phenoxy) is 1. The SMILES string of the molecule is Cc1c(CCOCCCO)cc(-c2ccc(S(C)(=O)=O)cc2)n1-c1cccc(F)c1. The van der Waals surface area contributed by atoms with Crippen LogP contribution in [0.3, 0.4) is 0 Å². The van der Waals surface area contributed by atoms with Crippen LogP contribution >= 0.6 is 0 Å². The standard InChI is InChI=1S/C23H26FNO4S/c1-17-19(11-14-29-13-4-12-26)15-23(25(17)21-6-3-5-20(24)16-21)18-7-9-22(10-8-18)30(2,27)28/h3,5-10,15-16,26H,4,11-14H2,1-2H3. The Kier molecular flexibility index (Phi) is 7.07. The molecule has 30 heavy (non-hydrogen) atoms. The maximum absolute atomic E-state index is 13.9. The lowest BCUT2D eigenvalue weighted by Gasteiger charge is -2.13. The fraction of sp³-hybridized carbons (Fsp3) is 0.304. The van der Waals surface area contributed by atoms with Crippen LogP contribution in [0.25, 0.3) is 16.9 Å². The molecule has 0 bridgehead atoms. The van der Waals surface area contributed by atoms with Gasteiger partial charge in [-0.3, -0.25) is 0 Å². The normalized spacial score (nSPS) is 11.7. The first-order chi connectivity index (χ1) is 14.3. The Morgan fingerprint density at radius 2 is 1.80 bits per heavy atom. The summed E-state index contributed by atoms with van der Waals surface area (Å²) in [6.45, 7) is 3.09. The average Bonchev–Trinajstić information content (AvgIpc) is 3.03. The molecule has 3 aromatic rings. The molecule has 0 aliphatic rings. The van der Waals surface area contributed by atoms with Crippen LogP contribution in [0.2, 0.25) is 0 Å². The van der Waals surface area contributed by atoms with E-state index in [-0.39, 0.29) is 17.3 Å². The van der Waals surface area contributed by atoms with E-state index >= 15 is 0 Å². The summed E-state index contributed by atoms with van der Waals surface area (Å²) in [6, 6.07) is 15.1. The number of hydrogen-bond acceptors (Lipinski definition) is 4. The Morgan fingerprint density at radius 3 is 2.43 bits per heavy atom. The lowest BCUT2D eigenvalue weighted by atomic mass is 10.1. The van der Waals surface area contributed by atoms with E-state index in [1.165, 1.54) is 18.4 Å². The van der Waals surface area contributed by atoms with Crippen molar-refractivity contribution in [1.82, 2.24) is 4.57 Å². The summed E-state index contributed by atoms with van der Waals surface area (Å²) in [5, 5.41) is 8.86. The van der Waals surface area contributed by atoms with Gasteiger partial charge in [0, 0.05) is 30.9 Å². The molecule has 0 atom stereocenters. The molecule has 0 amide bonds. The van der Waals surface area contributed by atoms with Crippen LogP contribution in [0.1, 0.15) is 17.7 Å². The van der Waals surface area contributed by atoms with Crippen LogP contribution in [0, 0.1) is 12.7 Å². The van der Waals surface area contributed by atoms with E-state index in [0.717, 1.165) is 22.5 Å². The number of halogens is 1. The van der Waals surface area contributed by atoms with Gasteiger partial charge in [0.2, 0.25) is 0 Å². The largest absolute Gasteiger partial charge is 0.396 e. The van der Waals surface area contributed by atoms with Crippen molar-refractivity contribution < 1.29 is 22.7 Å². The van der Waals surface area contributed by atoms with E-state index in [4.69, 9.17) is 9.84 Å². The van der Waals surface area contributed by atoms with Crippen molar-refractivity contribution in [3.05, 3.63) is 71.7 Å². The van der Waals surface area contributed by atoms with Gasteiger partial charge < -0.3 is 14.4 Å². The number of nitrogens with zero attached hydrogens (tertiary/aromatic N) is 1. The number of aliphatic hydroxyl groups excluding tert-OH is 1. The van der Waals surface area contributed by atoms with Gasteiger partial charge in [0.15, 0.2) is 9.84 Å². The lowest BCUT2D eigenvalue weighted by Crippen LogP contribution is -2.04. The van der Waals surface area contributed by atoms with E-state index in [2.05, 4.69) is 0 Å². The summed E-state index contributed by atoms with van der Waals surface area (Å²) < 4.78 is 45.0. The van der Waals surface area contributed by atoms with E-state index in [0.29, 0.717) is 31.7 Å². The van der Waals surface area contributed by atoms with Crippen LogP contribution in [0.4, 0.5) is 4.39 Å². The van der Waals surface area contributed by atoms with E-state index in [1.54, 1.807) is 30.3 Å². The maximum atomic E-state index is 13.9. The van der Waals surface area contributed by atoms with Crippen LogP contribution < -0.4 is 0 Å². The molecule has 160 valence electrons. The molecule has 3 rings (SSSR count). The van der Waals surface area contributed by atoms with Crippen LogP contribution in [0.15, 0.2) is 59.5 Å². The van der Waals surface area contributed by atoms with Gasteiger partial charge in [-0.1, -0.05) is 18.2 Å². The molecule has 7 heteroatoms. The summed E-state index contributed by atoms with van der Waals surface area (Å²) in [4.78, 5) is 0.254. The minimum atomic E-state index is -3.28. The van der Waals surface area contributed by atoms with E-state index in [9.17, 15) is 12.8 Å². The second-order valence-corrected chi connectivity index (χ2v) is 9.21. The first kappa shape index (κ1) is 22.2. The third-order valence-corrected chi connectivity index (χ3v) is 6.09. The van der Waals surface area contributed by atoms with E-state index in [1.807, 2.05) is 23.6 Å². The Morgan fingerprint density at radius 1 is 1.07 bits per heavy atom. The van der Waals surface area contributed by atoms with Gasteiger partial charge in [-0.05, 0) is 67.3 Å². The predicted molar refractivity (Wildman–Crippen MR) is 115 cm³/mol. The number of rotatable bonds is 9. The summed E-state index contributed by atoms with van der Waals surface area (Å²) in [7, 11) is -3.28. The first-order valence-corrected chi connectivity index (χ1v) is 11.7. The third kappa shape index (κ3) is 5.16. The minimum Gasteiger partial charge on any atom is -0.396 e. The smallest absolute Gasteiger partial charge is 0.175 e. The Hall–Kier alpha value is -2.48. The zero-order valence-corrected chi connectivity index (χ0v) is 18.0. The monoisotopic (exact) mass is 431 g/mol. The molecule has 1 heterocycles. The van der Waals surface area contributed by atoms with Crippen molar-refractivity contribution in [2.45, 2.75) is 24.7 Å². The molecule has 0 saturated heterocycles. The van der Waals surface area contributed by atoms with E-state index < -0.39 is 9.84 Å². The van der Waals surface area contributed by atoms with Gasteiger partial charge in [-0.25, -0.2) is 12.8 Å². The van der Waals surface area contributed by atoms with Crippen molar-refractivity contribution in [3.63, 3.8) is 0 Å². The average molecular weight is 432 g/mol. The third-order valence-electron chi connectivity index (χ3n) is 4.96. The number of aliphatic hydroxyl groups is 1. The van der Waals surface area contributed by atoms with Crippen LogP contribution in [-0.2, 0) is 21.0 Å². The van der Waals surface area contributed by atoms with Gasteiger partial charge in [-0.15, -0.1) is 0 Å².